The van der Waals surface area contributed by atoms with Gasteiger partial charge in [-0.15, -0.1) is 0 Å². The summed E-state index contributed by atoms with van der Waals surface area (Å²) in [4.78, 5) is 30.8. The van der Waals surface area contributed by atoms with E-state index in [1.54, 1.807) is 11.0 Å². The van der Waals surface area contributed by atoms with Crippen LogP contribution in [0.5, 0.6) is 0 Å². The fraction of sp³-hybridized carbons (Fsp3) is 0.450. The third kappa shape index (κ3) is 3.95. The summed E-state index contributed by atoms with van der Waals surface area (Å²) in [6.45, 7) is 6.67. The normalized spacial score (nSPS) is 18.0. The minimum absolute atomic E-state index is 0.0385. The number of nitrogens with zero attached hydrogens (tertiary/aromatic N) is 2. The monoisotopic (exact) mass is 355 g/mol. The quantitative estimate of drug-likeness (QED) is 0.894. The molecule has 0 spiro atoms. The number of hydrogen-bond donors (Lipinski definition) is 1. The van der Waals surface area contributed by atoms with Crippen molar-refractivity contribution >= 4 is 22.9 Å². The molecule has 0 aliphatic carbocycles. The number of carbonyl (C=O) groups is 2. The van der Waals surface area contributed by atoms with Gasteiger partial charge in [-0.25, -0.2) is 4.79 Å². The number of benzene rings is 1. The zero-order valence-electron chi connectivity index (χ0n) is 15.5. The number of ether oxygens (including phenoxy) is 1. The Morgan fingerprint density at radius 1 is 1.27 bits per heavy atom. The summed E-state index contributed by atoms with van der Waals surface area (Å²) in [6.07, 6.45) is 1.35. The number of amides is 2. The SMILES string of the molecule is CC(C)(C)OC(=O)N1CCCC(c2nc3ccccc3cc2C(N)=O)C1. The molecule has 0 saturated carbocycles. The Hall–Kier alpha value is -2.63. The summed E-state index contributed by atoms with van der Waals surface area (Å²) < 4.78 is 5.48. The first-order valence-electron chi connectivity index (χ1n) is 8.92. The molecule has 2 amide bonds. The lowest BCUT2D eigenvalue weighted by Gasteiger charge is -2.34. The van der Waals surface area contributed by atoms with Crippen LogP contribution in [0.3, 0.4) is 0 Å². The van der Waals surface area contributed by atoms with E-state index in [1.165, 1.54) is 0 Å². The second-order valence-corrected chi connectivity index (χ2v) is 7.74. The molecule has 2 heterocycles. The largest absolute Gasteiger partial charge is 0.444 e. The van der Waals surface area contributed by atoms with Crippen LogP contribution in [0.2, 0.25) is 0 Å². The molecule has 1 aromatic heterocycles. The third-order valence-electron chi connectivity index (χ3n) is 4.48. The predicted molar refractivity (Wildman–Crippen MR) is 100 cm³/mol. The van der Waals surface area contributed by atoms with Gasteiger partial charge in [-0.3, -0.25) is 9.78 Å². The van der Waals surface area contributed by atoms with Gasteiger partial charge in [0.05, 0.1) is 16.8 Å². The van der Waals surface area contributed by atoms with Gasteiger partial charge < -0.3 is 15.4 Å². The first-order chi connectivity index (χ1) is 12.2. The number of hydrogen-bond acceptors (Lipinski definition) is 4. The number of para-hydroxylation sites is 1. The van der Waals surface area contributed by atoms with Crippen LogP contribution in [0.4, 0.5) is 4.79 Å². The Kier molecular flexibility index (Phi) is 4.85. The topological polar surface area (TPSA) is 85.5 Å². The van der Waals surface area contributed by atoms with Crippen molar-refractivity contribution < 1.29 is 14.3 Å². The van der Waals surface area contributed by atoms with Gasteiger partial charge in [0.15, 0.2) is 0 Å². The average molecular weight is 355 g/mol. The van der Waals surface area contributed by atoms with Crippen molar-refractivity contribution in [3.8, 4) is 0 Å². The van der Waals surface area contributed by atoms with E-state index in [0.717, 1.165) is 23.7 Å². The average Bonchev–Trinajstić information content (AvgIpc) is 2.59. The van der Waals surface area contributed by atoms with Crippen LogP contribution >= 0.6 is 0 Å². The maximum atomic E-state index is 12.4. The maximum Gasteiger partial charge on any atom is 0.410 e. The number of rotatable bonds is 2. The molecular formula is C20H25N3O3. The molecule has 1 atom stereocenters. The van der Waals surface area contributed by atoms with Gasteiger partial charge in [0.2, 0.25) is 0 Å². The number of primary amides is 1. The number of piperidine rings is 1. The molecule has 0 bridgehead atoms. The Balaban J connectivity index is 1.91. The maximum absolute atomic E-state index is 12.4. The standard InChI is InChI=1S/C20H25N3O3/c1-20(2,3)26-19(25)23-10-6-8-14(12-23)17-15(18(21)24)11-13-7-4-5-9-16(13)22-17/h4-5,7,9,11,14H,6,8,10,12H2,1-3H3,(H2,21,24). The molecule has 1 aromatic carbocycles. The molecule has 3 rings (SSSR count). The summed E-state index contributed by atoms with van der Waals surface area (Å²) in [5, 5.41) is 0.879. The van der Waals surface area contributed by atoms with Gasteiger partial charge in [-0.1, -0.05) is 18.2 Å². The van der Waals surface area contributed by atoms with E-state index in [9.17, 15) is 9.59 Å². The molecule has 0 radical (unpaired) electrons. The Bertz CT molecular complexity index is 842. The van der Waals surface area contributed by atoms with Gasteiger partial charge in [-0.2, -0.15) is 0 Å². The molecule has 1 saturated heterocycles. The molecule has 1 unspecified atom stereocenters. The summed E-state index contributed by atoms with van der Waals surface area (Å²) in [6, 6.07) is 9.44. The fourth-order valence-electron chi connectivity index (χ4n) is 3.33. The van der Waals surface area contributed by atoms with E-state index < -0.39 is 11.5 Å². The van der Waals surface area contributed by atoms with E-state index in [4.69, 9.17) is 15.5 Å². The summed E-state index contributed by atoms with van der Waals surface area (Å²) in [7, 11) is 0. The van der Waals surface area contributed by atoms with Crippen molar-refractivity contribution in [1.29, 1.82) is 0 Å². The van der Waals surface area contributed by atoms with Crippen molar-refractivity contribution in [1.82, 2.24) is 9.88 Å². The molecule has 1 fully saturated rings. The van der Waals surface area contributed by atoms with Crippen molar-refractivity contribution in [2.24, 2.45) is 5.73 Å². The van der Waals surface area contributed by atoms with Gasteiger partial charge in [0.25, 0.3) is 5.91 Å². The fourth-order valence-corrected chi connectivity index (χ4v) is 3.33. The van der Waals surface area contributed by atoms with Crippen molar-refractivity contribution in [2.75, 3.05) is 13.1 Å². The summed E-state index contributed by atoms with van der Waals surface area (Å²) in [5.41, 5.74) is 6.99. The van der Waals surface area contributed by atoms with E-state index in [1.807, 2.05) is 45.0 Å². The molecule has 1 aliphatic rings. The highest BCUT2D eigenvalue weighted by Gasteiger charge is 2.31. The van der Waals surface area contributed by atoms with Crippen molar-refractivity contribution in [3.63, 3.8) is 0 Å². The van der Waals surface area contributed by atoms with Crippen molar-refractivity contribution in [2.45, 2.75) is 45.1 Å². The number of pyridine rings is 1. The number of carbonyl (C=O) groups excluding carboxylic acids is 2. The summed E-state index contributed by atoms with van der Waals surface area (Å²) >= 11 is 0. The lowest BCUT2D eigenvalue weighted by molar-refractivity contribution is 0.0197. The minimum Gasteiger partial charge on any atom is -0.444 e. The third-order valence-corrected chi connectivity index (χ3v) is 4.48. The first-order valence-corrected chi connectivity index (χ1v) is 8.92. The Labute approximate surface area is 153 Å². The molecule has 26 heavy (non-hydrogen) atoms. The van der Waals surface area contributed by atoms with E-state index >= 15 is 0 Å². The molecule has 2 N–H and O–H groups in total. The molecular weight excluding hydrogens is 330 g/mol. The van der Waals surface area contributed by atoms with E-state index in [0.29, 0.717) is 24.3 Å². The molecule has 6 heteroatoms. The van der Waals surface area contributed by atoms with Crippen LogP contribution in [0.15, 0.2) is 30.3 Å². The van der Waals surface area contributed by atoms with E-state index in [2.05, 4.69) is 0 Å². The number of likely N-dealkylation sites (tertiary alicyclic amines) is 1. The van der Waals surface area contributed by atoms with Gasteiger partial charge >= 0.3 is 6.09 Å². The second-order valence-electron chi connectivity index (χ2n) is 7.74. The minimum atomic E-state index is -0.538. The molecule has 1 aliphatic heterocycles. The lowest BCUT2D eigenvalue weighted by Crippen LogP contribution is -2.42. The van der Waals surface area contributed by atoms with Crippen LogP contribution in [0.25, 0.3) is 10.9 Å². The molecule has 138 valence electrons. The molecule has 2 aromatic rings. The number of fused-ring (bicyclic) bond motifs is 1. The van der Waals surface area contributed by atoms with Gasteiger partial charge in [0, 0.05) is 24.4 Å². The van der Waals surface area contributed by atoms with Gasteiger partial charge in [0.1, 0.15) is 5.60 Å². The zero-order valence-corrected chi connectivity index (χ0v) is 15.5. The Morgan fingerprint density at radius 3 is 2.69 bits per heavy atom. The zero-order chi connectivity index (χ0) is 18.9. The highest BCUT2D eigenvalue weighted by Crippen LogP contribution is 2.30. The second kappa shape index (κ2) is 6.94. The smallest absolute Gasteiger partial charge is 0.410 e. The van der Waals surface area contributed by atoms with Crippen LogP contribution < -0.4 is 5.73 Å². The van der Waals surface area contributed by atoms with E-state index in [-0.39, 0.29) is 12.0 Å². The highest BCUT2D eigenvalue weighted by molar-refractivity contribution is 5.97. The van der Waals surface area contributed by atoms with Crippen LogP contribution in [-0.2, 0) is 4.74 Å². The van der Waals surface area contributed by atoms with Crippen LogP contribution in [-0.4, -0.2) is 40.6 Å². The van der Waals surface area contributed by atoms with Crippen LogP contribution in [0.1, 0.15) is 55.6 Å². The predicted octanol–water partition coefficient (Wildman–Crippen LogP) is 3.45. The van der Waals surface area contributed by atoms with Crippen LogP contribution in [0, 0.1) is 0 Å². The number of aromatic nitrogens is 1. The van der Waals surface area contributed by atoms with Gasteiger partial charge in [-0.05, 0) is 45.7 Å². The summed E-state index contributed by atoms with van der Waals surface area (Å²) in [5.74, 6) is -0.531. The highest BCUT2D eigenvalue weighted by atomic mass is 16.6. The lowest BCUT2D eigenvalue weighted by atomic mass is 9.90. The number of nitrogens with two attached hydrogens (primary N) is 1. The van der Waals surface area contributed by atoms with Crippen molar-refractivity contribution in [3.05, 3.63) is 41.6 Å². The Morgan fingerprint density at radius 2 is 2.00 bits per heavy atom. The molecule has 6 nitrogen and oxygen atoms in total. The first kappa shape index (κ1) is 18.2.